The molecule has 1 unspecified atom stereocenters. The van der Waals surface area contributed by atoms with Crippen LogP contribution in [0.1, 0.15) is 33.6 Å². The Kier molecular flexibility index (Phi) is 4.88. The van der Waals surface area contributed by atoms with Crippen LogP contribution in [0.15, 0.2) is 0 Å². The van der Waals surface area contributed by atoms with Crippen molar-refractivity contribution in [1.82, 2.24) is 10.6 Å². The molecule has 1 rings (SSSR count). The Bertz CT molecular complexity index is 201. The molecule has 2 N–H and O–H groups in total. The summed E-state index contributed by atoms with van der Waals surface area (Å²) >= 11 is 0. The first kappa shape index (κ1) is 12.3. The summed E-state index contributed by atoms with van der Waals surface area (Å²) in [7, 11) is 0. The first-order valence-corrected chi connectivity index (χ1v) is 5.77. The number of amides is 1. The van der Waals surface area contributed by atoms with Crippen molar-refractivity contribution in [2.24, 2.45) is 5.92 Å². The molecule has 1 aliphatic rings. The van der Waals surface area contributed by atoms with E-state index < -0.39 is 0 Å². The Morgan fingerprint density at radius 3 is 2.47 bits per heavy atom. The molecule has 0 aromatic carbocycles. The van der Waals surface area contributed by atoms with Gasteiger partial charge in [0.2, 0.25) is 0 Å². The molecule has 1 aliphatic heterocycles. The number of carbonyl (C=O) groups is 1. The highest BCUT2D eigenvalue weighted by molar-refractivity contribution is 5.67. The van der Waals surface area contributed by atoms with E-state index in [-0.39, 0.29) is 18.2 Å². The fourth-order valence-electron chi connectivity index (χ4n) is 1.90. The molecule has 1 saturated heterocycles. The van der Waals surface area contributed by atoms with Crippen LogP contribution < -0.4 is 10.6 Å². The smallest absolute Gasteiger partial charge is 0.407 e. The van der Waals surface area contributed by atoms with E-state index in [1.807, 2.05) is 13.8 Å². The summed E-state index contributed by atoms with van der Waals surface area (Å²) in [6.45, 7) is 7.87. The minimum Gasteiger partial charge on any atom is -0.447 e. The van der Waals surface area contributed by atoms with Crippen molar-refractivity contribution in [3.8, 4) is 0 Å². The predicted octanol–water partition coefficient (Wildman–Crippen LogP) is 1.51. The third-order valence-corrected chi connectivity index (χ3v) is 2.78. The van der Waals surface area contributed by atoms with E-state index in [1.165, 1.54) is 0 Å². The summed E-state index contributed by atoms with van der Waals surface area (Å²) < 4.78 is 5.05. The third-order valence-electron chi connectivity index (χ3n) is 2.78. The van der Waals surface area contributed by atoms with Crippen LogP contribution in [0.2, 0.25) is 0 Å². The zero-order valence-electron chi connectivity index (χ0n) is 9.88. The maximum absolute atomic E-state index is 11.4. The summed E-state index contributed by atoms with van der Waals surface area (Å²) in [6.07, 6.45) is 1.91. The molecule has 0 aliphatic carbocycles. The van der Waals surface area contributed by atoms with Gasteiger partial charge in [-0.2, -0.15) is 0 Å². The molecule has 0 radical (unpaired) electrons. The molecule has 88 valence electrons. The Morgan fingerprint density at radius 1 is 1.33 bits per heavy atom. The Morgan fingerprint density at radius 2 is 1.93 bits per heavy atom. The summed E-state index contributed by atoms with van der Waals surface area (Å²) in [5, 5.41) is 6.20. The molecule has 0 spiro atoms. The Balaban J connectivity index is 2.27. The topological polar surface area (TPSA) is 50.4 Å². The zero-order chi connectivity index (χ0) is 11.3. The standard InChI is InChI=1S/C11H22N2O2/c1-8(2)15-11(14)13-9(3)10-4-6-12-7-5-10/h8-10,12H,4-7H2,1-3H3,(H,13,14). The molecule has 1 fully saturated rings. The van der Waals surface area contributed by atoms with Gasteiger partial charge in [0.25, 0.3) is 0 Å². The van der Waals surface area contributed by atoms with E-state index in [0.717, 1.165) is 25.9 Å². The van der Waals surface area contributed by atoms with E-state index in [0.29, 0.717) is 5.92 Å². The van der Waals surface area contributed by atoms with Gasteiger partial charge in [0.05, 0.1) is 6.10 Å². The maximum atomic E-state index is 11.4. The lowest BCUT2D eigenvalue weighted by atomic mass is 9.91. The van der Waals surface area contributed by atoms with Crippen molar-refractivity contribution in [2.75, 3.05) is 13.1 Å². The van der Waals surface area contributed by atoms with Crippen LogP contribution in [0.4, 0.5) is 4.79 Å². The van der Waals surface area contributed by atoms with Crippen molar-refractivity contribution in [3.63, 3.8) is 0 Å². The normalized spacial score (nSPS) is 20.0. The molecule has 1 heterocycles. The molecule has 15 heavy (non-hydrogen) atoms. The van der Waals surface area contributed by atoms with Gasteiger partial charge >= 0.3 is 6.09 Å². The predicted molar refractivity (Wildman–Crippen MR) is 59.8 cm³/mol. The average Bonchev–Trinajstić information content (AvgIpc) is 2.17. The number of rotatable bonds is 3. The fourth-order valence-corrected chi connectivity index (χ4v) is 1.90. The molecule has 0 saturated carbocycles. The number of hydrogen-bond donors (Lipinski definition) is 2. The minimum absolute atomic E-state index is 0.0507. The number of nitrogens with one attached hydrogen (secondary N) is 2. The molecular weight excluding hydrogens is 192 g/mol. The van der Waals surface area contributed by atoms with Gasteiger partial charge in [-0.15, -0.1) is 0 Å². The first-order chi connectivity index (χ1) is 7.09. The van der Waals surface area contributed by atoms with Crippen LogP contribution in [-0.2, 0) is 4.74 Å². The van der Waals surface area contributed by atoms with Crippen molar-refractivity contribution < 1.29 is 9.53 Å². The number of hydrogen-bond acceptors (Lipinski definition) is 3. The quantitative estimate of drug-likeness (QED) is 0.748. The molecule has 0 aromatic heterocycles. The number of alkyl carbamates (subject to hydrolysis) is 1. The number of piperidine rings is 1. The lowest BCUT2D eigenvalue weighted by Crippen LogP contribution is -2.43. The molecule has 4 nitrogen and oxygen atoms in total. The summed E-state index contributed by atoms with van der Waals surface area (Å²) in [5.74, 6) is 0.575. The lowest BCUT2D eigenvalue weighted by Gasteiger charge is -2.28. The number of ether oxygens (including phenoxy) is 1. The van der Waals surface area contributed by atoms with Gasteiger partial charge in [0.15, 0.2) is 0 Å². The van der Waals surface area contributed by atoms with E-state index in [4.69, 9.17) is 4.74 Å². The van der Waals surface area contributed by atoms with E-state index in [2.05, 4.69) is 17.6 Å². The number of carbonyl (C=O) groups excluding carboxylic acids is 1. The Hall–Kier alpha value is -0.770. The third kappa shape index (κ3) is 4.51. The van der Waals surface area contributed by atoms with Gasteiger partial charge in [-0.3, -0.25) is 0 Å². The highest BCUT2D eigenvalue weighted by Crippen LogP contribution is 2.15. The van der Waals surface area contributed by atoms with Gasteiger partial charge in [-0.05, 0) is 52.6 Å². The van der Waals surface area contributed by atoms with Crippen LogP contribution in [-0.4, -0.2) is 31.3 Å². The summed E-state index contributed by atoms with van der Waals surface area (Å²) in [6, 6.07) is 0.207. The van der Waals surface area contributed by atoms with Gasteiger partial charge < -0.3 is 15.4 Å². The van der Waals surface area contributed by atoms with E-state index >= 15 is 0 Å². The van der Waals surface area contributed by atoms with E-state index in [1.54, 1.807) is 0 Å². The van der Waals surface area contributed by atoms with Crippen LogP contribution in [0.5, 0.6) is 0 Å². The minimum atomic E-state index is -0.295. The van der Waals surface area contributed by atoms with Gasteiger partial charge in [-0.25, -0.2) is 4.79 Å². The molecular formula is C11H22N2O2. The van der Waals surface area contributed by atoms with Crippen molar-refractivity contribution >= 4 is 6.09 Å². The maximum Gasteiger partial charge on any atom is 0.407 e. The molecule has 0 bridgehead atoms. The van der Waals surface area contributed by atoms with Crippen LogP contribution >= 0.6 is 0 Å². The first-order valence-electron chi connectivity index (χ1n) is 5.77. The highest BCUT2D eigenvalue weighted by atomic mass is 16.6. The SMILES string of the molecule is CC(C)OC(=O)NC(C)C1CCNCC1. The van der Waals surface area contributed by atoms with Crippen molar-refractivity contribution in [2.45, 2.75) is 45.8 Å². The van der Waals surface area contributed by atoms with Gasteiger partial charge in [0.1, 0.15) is 0 Å². The van der Waals surface area contributed by atoms with Crippen LogP contribution in [0.3, 0.4) is 0 Å². The highest BCUT2D eigenvalue weighted by Gasteiger charge is 2.21. The second kappa shape index (κ2) is 5.95. The lowest BCUT2D eigenvalue weighted by molar-refractivity contribution is 0.108. The van der Waals surface area contributed by atoms with E-state index in [9.17, 15) is 4.79 Å². The molecule has 0 aromatic rings. The Labute approximate surface area is 91.8 Å². The summed E-state index contributed by atoms with van der Waals surface area (Å²) in [5.41, 5.74) is 0. The average molecular weight is 214 g/mol. The molecule has 1 amide bonds. The van der Waals surface area contributed by atoms with Crippen molar-refractivity contribution in [1.29, 1.82) is 0 Å². The molecule has 4 heteroatoms. The van der Waals surface area contributed by atoms with Crippen LogP contribution in [0, 0.1) is 5.92 Å². The van der Waals surface area contributed by atoms with Gasteiger partial charge in [0, 0.05) is 6.04 Å². The zero-order valence-corrected chi connectivity index (χ0v) is 9.88. The largest absolute Gasteiger partial charge is 0.447 e. The second-order valence-electron chi connectivity index (χ2n) is 4.47. The fraction of sp³-hybridized carbons (Fsp3) is 0.909. The van der Waals surface area contributed by atoms with Crippen molar-refractivity contribution in [3.05, 3.63) is 0 Å². The monoisotopic (exact) mass is 214 g/mol. The van der Waals surface area contributed by atoms with Gasteiger partial charge in [-0.1, -0.05) is 0 Å². The second-order valence-corrected chi connectivity index (χ2v) is 4.47. The van der Waals surface area contributed by atoms with Crippen LogP contribution in [0.25, 0.3) is 0 Å². The summed E-state index contributed by atoms with van der Waals surface area (Å²) in [4.78, 5) is 11.4. The molecule has 1 atom stereocenters.